The zero-order valence-corrected chi connectivity index (χ0v) is 20.1. The standard InChI is InChI=1S/C27H27N5O5.CH4/c1-18(33)25(27(36)32-37)31-26(35)21-11-7-19(8-12-21)5-6-20-9-13-22(14-10-20)30-24(34)17-28-16-23-4-2-3-15-29-23;/h2-4,7-15,18,25,28,33,37H,16-17H2,1H3,(H,30,34)(H,31,35)(H,32,36);1H4/t18-,25+;/m1./s1. The second-order valence-electron chi connectivity index (χ2n) is 8.05. The average Bonchev–Trinajstić information content (AvgIpc) is 2.91. The Balaban J connectivity index is 0.00000507. The summed E-state index contributed by atoms with van der Waals surface area (Å²) < 4.78 is 0. The number of pyridine rings is 1. The summed E-state index contributed by atoms with van der Waals surface area (Å²) in [4.78, 5) is 40.2. The van der Waals surface area contributed by atoms with Crippen molar-refractivity contribution in [2.24, 2.45) is 0 Å². The van der Waals surface area contributed by atoms with E-state index in [0.29, 0.717) is 17.8 Å². The molecule has 0 aliphatic rings. The van der Waals surface area contributed by atoms with E-state index in [1.807, 2.05) is 18.2 Å². The molecule has 1 heterocycles. The molecule has 10 nitrogen and oxygen atoms in total. The Labute approximate surface area is 221 Å². The Bertz CT molecular complexity index is 1270. The molecule has 0 saturated carbocycles. The molecule has 0 radical (unpaired) electrons. The van der Waals surface area contributed by atoms with Gasteiger partial charge in [-0.25, -0.2) is 5.48 Å². The summed E-state index contributed by atoms with van der Waals surface area (Å²) in [5.41, 5.74) is 4.58. The highest BCUT2D eigenvalue weighted by molar-refractivity contribution is 5.97. The van der Waals surface area contributed by atoms with Crippen molar-refractivity contribution in [1.82, 2.24) is 21.1 Å². The molecule has 0 aliphatic carbocycles. The van der Waals surface area contributed by atoms with E-state index in [1.54, 1.807) is 42.6 Å². The van der Waals surface area contributed by atoms with Crippen LogP contribution in [0.5, 0.6) is 0 Å². The molecule has 0 unspecified atom stereocenters. The van der Waals surface area contributed by atoms with Gasteiger partial charge in [-0.05, 0) is 67.6 Å². The van der Waals surface area contributed by atoms with Crippen LogP contribution < -0.4 is 21.4 Å². The summed E-state index contributed by atoms with van der Waals surface area (Å²) in [6.45, 7) is 1.97. The molecular weight excluding hydrogens is 486 g/mol. The number of benzene rings is 2. The maximum Gasteiger partial charge on any atom is 0.268 e. The summed E-state index contributed by atoms with van der Waals surface area (Å²) >= 11 is 0. The van der Waals surface area contributed by atoms with Crippen LogP contribution >= 0.6 is 0 Å². The van der Waals surface area contributed by atoms with Crippen LogP contribution in [0.2, 0.25) is 0 Å². The first-order valence-corrected chi connectivity index (χ1v) is 11.4. The van der Waals surface area contributed by atoms with E-state index in [4.69, 9.17) is 5.21 Å². The first-order valence-electron chi connectivity index (χ1n) is 11.4. The van der Waals surface area contributed by atoms with Gasteiger partial charge in [0.1, 0.15) is 6.04 Å². The second-order valence-corrected chi connectivity index (χ2v) is 8.05. The van der Waals surface area contributed by atoms with Crippen LogP contribution in [0.15, 0.2) is 72.9 Å². The van der Waals surface area contributed by atoms with Gasteiger partial charge in [0.05, 0.1) is 18.3 Å². The number of hydrogen-bond acceptors (Lipinski definition) is 7. The van der Waals surface area contributed by atoms with Crippen molar-refractivity contribution in [3.63, 3.8) is 0 Å². The van der Waals surface area contributed by atoms with Crippen LogP contribution in [0.3, 0.4) is 0 Å². The second kappa shape index (κ2) is 14.9. The Hall–Kier alpha value is -4.56. The summed E-state index contributed by atoms with van der Waals surface area (Å²) in [7, 11) is 0. The number of aromatic nitrogens is 1. The molecule has 2 atom stereocenters. The van der Waals surface area contributed by atoms with Crippen LogP contribution in [0.1, 0.15) is 41.5 Å². The number of hydrogen-bond donors (Lipinski definition) is 6. The number of hydroxylamine groups is 1. The van der Waals surface area contributed by atoms with Crippen LogP contribution in [0.25, 0.3) is 0 Å². The lowest BCUT2D eigenvalue weighted by Crippen LogP contribution is -2.51. The zero-order valence-electron chi connectivity index (χ0n) is 20.1. The molecular formula is C28H31N5O5. The highest BCUT2D eigenvalue weighted by Crippen LogP contribution is 2.10. The first kappa shape index (κ1) is 29.7. The third-order valence-corrected chi connectivity index (χ3v) is 5.15. The van der Waals surface area contributed by atoms with Crippen LogP contribution in [-0.2, 0) is 16.1 Å². The van der Waals surface area contributed by atoms with Gasteiger partial charge in [0.15, 0.2) is 0 Å². The maximum atomic E-state index is 12.3. The van der Waals surface area contributed by atoms with Gasteiger partial charge in [-0.3, -0.25) is 24.6 Å². The first-order chi connectivity index (χ1) is 17.9. The molecule has 3 amide bonds. The molecule has 0 fully saturated rings. The van der Waals surface area contributed by atoms with Gasteiger partial charge in [0.2, 0.25) is 5.91 Å². The van der Waals surface area contributed by atoms with Crippen molar-refractivity contribution in [1.29, 1.82) is 0 Å². The molecule has 3 rings (SSSR count). The van der Waals surface area contributed by atoms with E-state index in [9.17, 15) is 19.5 Å². The molecule has 198 valence electrons. The quantitative estimate of drug-likeness (QED) is 0.144. The fourth-order valence-electron chi connectivity index (χ4n) is 3.20. The number of carbonyl (C=O) groups excluding carboxylic acids is 3. The minimum atomic E-state index is -1.30. The maximum absolute atomic E-state index is 12.3. The van der Waals surface area contributed by atoms with E-state index in [1.165, 1.54) is 24.5 Å². The predicted octanol–water partition coefficient (Wildman–Crippen LogP) is 1.83. The number of anilines is 1. The van der Waals surface area contributed by atoms with Crippen molar-refractivity contribution in [2.45, 2.75) is 33.0 Å². The van der Waals surface area contributed by atoms with Crippen molar-refractivity contribution < 1.29 is 24.7 Å². The van der Waals surface area contributed by atoms with E-state index in [0.717, 1.165) is 11.3 Å². The van der Waals surface area contributed by atoms with Crippen LogP contribution in [0.4, 0.5) is 5.69 Å². The highest BCUT2D eigenvalue weighted by atomic mass is 16.5. The molecule has 0 bridgehead atoms. The molecule has 0 spiro atoms. The average molecular weight is 518 g/mol. The Morgan fingerprint density at radius 3 is 2.13 bits per heavy atom. The summed E-state index contributed by atoms with van der Waals surface area (Å²) in [6.07, 6.45) is 0.503. The smallest absolute Gasteiger partial charge is 0.268 e. The van der Waals surface area contributed by atoms with E-state index in [2.05, 4.69) is 32.8 Å². The lowest BCUT2D eigenvalue weighted by molar-refractivity contribution is -0.133. The Kier molecular flexibility index (Phi) is 11.6. The Morgan fingerprint density at radius 2 is 1.58 bits per heavy atom. The van der Waals surface area contributed by atoms with Crippen molar-refractivity contribution >= 4 is 23.4 Å². The lowest BCUT2D eigenvalue weighted by atomic mass is 10.1. The monoisotopic (exact) mass is 517 g/mol. The van der Waals surface area contributed by atoms with Gasteiger partial charge in [0, 0.05) is 35.1 Å². The van der Waals surface area contributed by atoms with E-state index in [-0.39, 0.29) is 25.4 Å². The number of rotatable bonds is 9. The topological polar surface area (TPSA) is 153 Å². The van der Waals surface area contributed by atoms with E-state index >= 15 is 0 Å². The van der Waals surface area contributed by atoms with E-state index < -0.39 is 24.0 Å². The number of nitrogens with one attached hydrogen (secondary N) is 4. The van der Waals surface area contributed by atoms with Gasteiger partial charge in [-0.1, -0.05) is 25.3 Å². The molecule has 6 N–H and O–H groups in total. The molecule has 2 aromatic carbocycles. The normalized spacial score (nSPS) is 11.6. The summed E-state index contributed by atoms with van der Waals surface area (Å²) in [5.74, 6) is 4.33. The number of aliphatic hydroxyl groups is 1. The molecule has 0 aliphatic heterocycles. The Morgan fingerprint density at radius 1 is 0.947 bits per heavy atom. The SMILES string of the molecule is C.C[C@@H](O)[C@H](NC(=O)c1ccc(C#Cc2ccc(NC(=O)CNCc3ccccn3)cc2)cc1)C(=O)NO. The molecule has 1 aromatic heterocycles. The predicted molar refractivity (Wildman–Crippen MR) is 143 cm³/mol. The van der Waals surface area contributed by atoms with Gasteiger partial charge in [0.25, 0.3) is 11.8 Å². The van der Waals surface area contributed by atoms with Gasteiger partial charge >= 0.3 is 0 Å². The lowest BCUT2D eigenvalue weighted by Gasteiger charge is -2.19. The van der Waals surface area contributed by atoms with Crippen LogP contribution in [-0.4, -0.2) is 51.7 Å². The van der Waals surface area contributed by atoms with Crippen molar-refractivity contribution in [2.75, 3.05) is 11.9 Å². The summed E-state index contributed by atoms with van der Waals surface area (Å²) in [5, 5.41) is 26.6. The third-order valence-electron chi connectivity index (χ3n) is 5.15. The van der Waals surface area contributed by atoms with Crippen molar-refractivity contribution in [3.05, 3.63) is 95.3 Å². The van der Waals surface area contributed by atoms with Crippen molar-refractivity contribution in [3.8, 4) is 11.8 Å². The third kappa shape index (κ3) is 9.15. The number of carbonyl (C=O) groups is 3. The minimum Gasteiger partial charge on any atom is -0.391 e. The molecule has 0 saturated heterocycles. The fourth-order valence-corrected chi connectivity index (χ4v) is 3.20. The van der Waals surface area contributed by atoms with Gasteiger partial charge in [-0.2, -0.15) is 0 Å². The fraction of sp³-hybridized carbons (Fsp3) is 0.214. The molecule has 38 heavy (non-hydrogen) atoms. The number of aliphatic hydroxyl groups excluding tert-OH is 1. The molecule has 10 heteroatoms. The number of amides is 3. The summed E-state index contributed by atoms with van der Waals surface area (Å²) in [6, 6.07) is 17.8. The van der Waals surface area contributed by atoms with Crippen LogP contribution in [0, 0.1) is 11.8 Å². The largest absolute Gasteiger partial charge is 0.391 e. The molecule has 3 aromatic rings. The highest BCUT2D eigenvalue weighted by Gasteiger charge is 2.25. The van der Waals surface area contributed by atoms with Gasteiger partial charge < -0.3 is 21.1 Å². The number of nitrogens with zero attached hydrogens (tertiary/aromatic N) is 1. The minimum absolute atomic E-state index is 0. The zero-order chi connectivity index (χ0) is 26.6. The van der Waals surface area contributed by atoms with Gasteiger partial charge in [-0.15, -0.1) is 0 Å².